The Morgan fingerprint density at radius 2 is 2.00 bits per heavy atom. The second-order valence-corrected chi connectivity index (χ2v) is 7.04. The standard InChI is InChI=1S/C12H20N4O7S/c1-7(2)11(18)14(3)13-10(17)9-5-4-8-6-15(9)12(19)16(8)23-24(20,21)22/h7-9H,4-6H2,1-3H3,(H,13,17)(H,20,21,22)/t8-,9+/m1/s1. The van der Waals surface area contributed by atoms with Crippen molar-refractivity contribution in [1.82, 2.24) is 20.4 Å². The number of carbonyl (C=O) groups excluding carboxylic acids is 3. The number of amides is 4. The van der Waals surface area contributed by atoms with E-state index < -0.39 is 34.4 Å². The van der Waals surface area contributed by atoms with Crippen LogP contribution in [-0.2, 0) is 24.3 Å². The highest BCUT2D eigenvalue weighted by atomic mass is 32.3. The van der Waals surface area contributed by atoms with Gasteiger partial charge in [0.25, 0.3) is 5.91 Å². The van der Waals surface area contributed by atoms with Crippen LogP contribution in [0, 0.1) is 5.92 Å². The molecule has 136 valence electrons. The van der Waals surface area contributed by atoms with E-state index in [1.54, 1.807) is 13.8 Å². The minimum atomic E-state index is -4.83. The molecule has 2 heterocycles. The van der Waals surface area contributed by atoms with E-state index in [0.29, 0.717) is 11.5 Å². The molecule has 2 atom stereocenters. The first kappa shape index (κ1) is 18.4. The van der Waals surface area contributed by atoms with Gasteiger partial charge in [0, 0.05) is 19.5 Å². The van der Waals surface area contributed by atoms with Gasteiger partial charge in [0.05, 0.1) is 6.04 Å². The molecule has 0 aromatic rings. The third kappa shape index (κ3) is 3.76. The van der Waals surface area contributed by atoms with E-state index >= 15 is 0 Å². The predicted molar refractivity (Wildman–Crippen MR) is 79.1 cm³/mol. The Morgan fingerprint density at radius 3 is 2.54 bits per heavy atom. The van der Waals surface area contributed by atoms with Crippen molar-refractivity contribution < 1.29 is 31.6 Å². The Balaban J connectivity index is 2.06. The fraction of sp³-hybridized carbons (Fsp3) is 0.750. The molecule has 24 heavy (non-hydrogen) atoms. The number of hydrogen-bond donors (Lipinski definition) is 2. The minimum absolute atomic E-state index is 0.0915. The summed E-state index contributed by atoms with van der Waals surface area (Å²) in [5, 5.41) is 1.62. The van der Waals surface area contributed by atoms with Crippen molar-refractivity contribution in [1.29, 1.82) is 0 Å². The summed E-state index contributed by atoms with van der Waals surface area (Å²) in [4.78, 5) is 37.5. The topological polar surface area (TPSA) is 137 Å². The average molecular weight is 364 g/mol. The van der Waals surface area contributed by atoms with Crippen LogP contribution >= 0.6 is 0 Å². The number of rotatable bonds is 4. The monoisotopic (exact) mass is 364 g/mol. The SMILES string of the molecule is CC(C)C(=O)N(C)NC(=O)[C@@H]1CC[C@@H]2CN1C(=O)N2OS(=O)(=O)O. The number of hydroxylamine groups is 2. The van der Waals surface area contributed by atoms with E-state index in [9.17, 15) is 22.8 Å². The third-order valence-corrected chi connectivity index (χ3v) is 4.25. The predicted octanol–water partition coefficient (Wildman–Crippen LogP) is -0.865. The van der Waals surface area contributed by atoms with Crippen molar-refractivity contribution in [3.05, 3.63) is 0 Å². The molecule has 0 unspecified atom stereocenters. The van der Waals surface area contributed by atoms with Gasteiger partial charge in [-0.3, -0.25) is 24.6 Å². The van der Waals surface area contributed by atoms with Gasteiger partial charge in [0.15, 0.2) is 0 Å². The van der Waals surface area contributed by atoms with Gasteiger partial charge in [-0.25, -0.2) is 4.79 Å². The summed E-state index contributed by atoms with van der Waals surface area (Å²) in [6.45, 7) is 3.46. The highest BCUT2D eigenvalue weighted by Gasteiger charge is 2.49. The summed E-state index contributed by atoms with van der Waals surface area (Å²) in [5.41, 5.74) is 2.42. The second kappa shape index (κ2) is 6.53. The van der Waals surface area contributed by atoms with Crippen molar-refractivity contribution in [2.45, 2.75) is 38.8 Å². The number of hydrogen-bond acceptors (Lipinski definition) is 6. The molecule has 2 aliphatic heterocycles. The third-order valence-electron chi connectivity index (χ3n) is 3.90. The summed E-state index contributed by atoms with van der Waals surface area (Å²) in [5.74, 6) is -1.15. The minimum Gasteiger partial charge on any atom is -0.309 e. The van der Waals surface area contributed by atoms with E-state index in [1.165, 1.54) is 7.05 Å². The van der Waals surface area contributed by atoms with Gasteiger partial charge in [-0.15, -0.1) is 4.28 Å². The molecule has 0 aromatic carbocycles. The molecular weight excluding hydrogens is 344 g/mol. The first-order chi connectivity index (χ1) is 11.0. The summed E-state index contributed by atoms with van der Waals surface area (Å²) in [6.07, 6.45) is 0.592. The van der Waals surface area contributed by atoms with Crippen LogP contribution in [0.1, 0.15) is 26.7 Å². The zero-order valence-corrected chi connectivity index (χ0v) is 14.3. The maximum Gasteiger partial charge on any atom is 0.418 e. The number of hydrazine groups is 1. The Morgan fingerprint density at radius 1 is 1.38 bits per heavy atom. The molecule has 11 nitrogen and oxygen atoms in total. The quantitative estimate of drug-likeness (QED) is 0.489. The molecule has 2 saturated heterocycles. The van der Waals surface area contributed by atoms with Crippen molar-refractivity contribution >= 4 is 28.2 Å². The van der Waals surface area contributed by atoms with E-state index in [-0.39, 0.29) is 24.8 Å². The Hall–Kier alpha value is -1.92. The second-order valence-electron chi connectivity index (χ2n) is 6.04. The molecule has 0 aliphatic carbocycles. The Labute approximate surface area is 139 Å². The summed E-state index contributed by atoms with van der Waals surface area (Å²) >= 11 is 0. The average Bonchev–Trinajstić information content (AvgIpc) is 2.69. The summed E-state index contributed by atoms with van der Waals surface area (Å²) in [7, 11) is -3.42. The van der Waals surface area contributed by atoms with Gasteiger partial charge in [0.2, 0.25) is 5.91 Å². The van der Waals surface area contributed by atoms with Crippen LogP contribution < -0.4 is 5.43 Å². The van der Waals surface area contributed by atoms with Crippen molar-refractivity contribution in [2.75, 3.05) is 13.6 Å². The molecule has 0 spiro atoms. The first-order valence-corrected chi connectivity index (χ1v) is 8.72. The molecule has 2 fully saturated rings. The maximum atomic E-state index is 12.3. The number of carbonyl (C=O) groups is 3. The number of fused-ring (bicyclic) bond motifs is 2. The van der Waals surface area contributed by atoms with Crippen LogP contribution in [0.4, 0.5) is 4.79 Å². The van der Waals surface area contributed by atoms with Crippen molar-refractivity contribution in [3.63, 3.8) is 0 Å². The van der Waals surface area contributed by atoms with Crippen LogP contribution in [0.5, 0.6) is 0 Å². The smallest absolute Gasteiger partial charge is 0.309 e. The molecule has 2 N–H and O–H groups in total. The van der Waals surface area contributed by atoms with E-state index in [2.05, 4.69) is 9.71 Å². The van der Waals surface area contributed by atoms with Gasteiger partial charge in [0.1, 0.15) is 6.04 Å². The number of nitrogens with zero attached hydrogens (tertiary/aromatic N) is 3. The number of urea groups is 1. The van der Waals surface area contributed by atoms with Gasteiger partial charge in [-0.1, -0.05) is 13.8 Å². The molecule has 4 amide bonds. The highest BCUT2D eigenvalue weighted by Crippen LogP contribution is 2.30. The Kier molecular flexibility index (Phi) is 5.01. The molecule has 0 radical (unpaired) electrons. The number of piperidine rings is 1. The zero-order chi connectivity index (χ0) is 18.2. The largest absolute Gasteiger partial charge is 0.418 e. The zero-order valence-electron chi connectivity index (χ0n) is 13.5. The summed E-state index contributed by atoms with van der Waals surface area (Å²) < 4.78 is 34.7. The van der Waals surface area contributed by atoms with Crippen molar-refractivity contribution in [3.8, 4) is 0 Å². The highest BCUT2D eigenvalue weighted by molar-refractivity contribution is 7.80. The van der Waals surface area contributed by atoms with Crippen molar-refractivity contribution in [2.24, 2.45) is 5.92 Å². The molecule has 2 bridgehead atoms. The van der Waals surface area contributed by atoms with E-state index in [4.69, 9.17) is 4.55 Å². The lowest BCUT2D eigenvalue weighted by Crippen LogP contribution is -2.55. The molecule has 0 saturated carbocycles. The molecule has 0 aromatic heterocycles. The Bertz CT molecular complexity index is 650. The lowest BCUT2D eigenvalue weighted by molar-refractivity contribution is -0.144. The fourth-order valence-electron chi connectivity index (χ4n) is 2.79. The van der Waals surface area contributed by atoms with Gasteiger partial charge >= 0.3 is 16.4 Å². The molecule has 2 rings (SSSR count). The lowest BCUT2D eigenvalue weighted by Gasteiger charge is -2.31. The first-order valence-electron chi connectivity index (χ1n) is 7.36. The number of nitrogens with one attached hydrogen (secondary N) is 1. The van der Waals surface area contributed by atoms with E-state index in [0.717, 1.165) is 9.91 Å². The van der Waals surface area contributed by atoms with E-state index in [1.807, 2.05) is 0 Å². The van der Waals surface area contributed by atoms with Crippen LogP contribution in [0.25, 0.3) is 0 Å². The molecule has 12 heteroatoms. The van der Waals surface area contributed by atoms with Crippen LogP contribution in [-0.4, -0.2) is 71.5 Å². The lowest BCUT2D eigenvalue weighted by atomic mass is 10.0. The van der Waals surface area contributed by atoms with Gasteiger partial charge in [-0.05, 0) is 12.8 Å². The van der Waals surface area contributed by atoms with Crippen LogP contribution in [0.2, 0.25) is 0 Å². The van der Waals surface area contributed by atoms with Gasteiger partial charge < -0.3 is 4.90 Å². The van der Waals surface area contributed by atoms with Crippen LogP contribution in [0.3, 0.4) is 0 Å². The maximum absolute atomic E-state index is 12.3. The fourth-order valence-corrected chi connectivity index (χ4v) is 3.17. The van der Waals surface area contributed by atoms with Gasteiger partial charge in [-0.2, -0.15) is 13.5 Å². The van der Waals surface area contributed by atoms with Crippen LogP contribution in [0.15, 0.2) is 0 Å². The molecule has 2 aliphatic rings. The molecular formula is C12H20N4O7S. The normalized spacial score (nSPS) is 23.6. The summed E-state index contributed by atoms with van der Waals surface area (Å²) in [6, 6.07) is -2.25.